The maximum Gasteiger partial charge on any atom is 0.133 e. The van der Waals surface area contributed by atoms with E-state index in [4.69, 9.17) is 0 Å². The molecule has 0 spiro atoms. The van der Waals surface area contributed by atoms with E-state index in [1.54, 1.807) is 18.4 Å². The monoisotopic (exact) mass is 314 g/mol. The molecule has 1 aliphatic rings. The summed E-state index contributed by atoms with van der Waals surface area (Å²) in [5.74, 6) is 0.776. The second kappa shape index (κ2) is 5.02. The fourth-order valence-electron chi connectivity index (χ4n) is 3.08. The third-order valence-corrected chi connectivity index (χ3v) is 5.13. The van der Waals surface area contributed by atoms with Crippen molar-refractivity contribution in [3.05, 3.63) is 48.0 Å². The SMILES string of the molecule is CS(=O)c1ccc(-c2cc3c(cc2F)nc2n3CCC2)cc1. The molecule has 0 bridgehead atoms. The molecule has 2 aromatic carbocycles. The number of hydrogen-bond donors (Lipinski definition) is 0. The Morgan fingerprint density at radius 2 is 2.00 bits per heavy atom. The van der Waals surface area contributed by atoms with Gasteiger partial charge in [-0.25, -0.2) is 9.37 Å². The van der Waals surface area contributed by atoms with Gasteiger partial charge in [0.05, 0.1) is 11.0 Å². The second-order valence-electron chi connectivity index (χ2n) is 5.58. The molecule has 0 N–H and O–H groups in total. The summed E-state index contributed by atoms with van der Waals surface area (Å²) in [6.07, 6.45) is 3.70. The fourth-order valence-corrected chi connectivity index (χ4v) is 3.60. The number of hydrogen-bond acceptors (Lipinski definition) is 2. The van der Waals surface area contributed by atoms with Gasteiger partial charge in [-0.2, -0.15) is 0 Å². The van der Waals surface area contributed by atoms with E-state index in [1.807, 2.05) is 18.2 Å². The molecule has 5 heteroatoms. The van der Waals surface area contributed by atoms with Gasteiger partial charge in [-0.3, -0.25) is 4.21 Å². The number of benzene rings is 2. The van der Waals surface area contributed by atoms with Crippen LogP contribution in [0.2, 0.25) is 0 Å². The number of rotatable bonds is 2. The van der Waals surface area contributed by atoms with E-state index in [1.165, 1.54) is 6.07 Å². The van der Waals surface area contributed by atoms with Crippen LogP contribution in [0.25, 0.3) is 22.2 Å². The summed E-state index contributed by atoms with van der Waals surface area (Å²) in [6.45, 7) is 0.949. The van der Waals surface area contributed by atoms with Crippen LogP contribution in [-0.2, 0) is 23.8 Å². The lowest BCUT2D eigenvalue weighted by atomic mass is 10.0. The molecule has 0 saturated heterocycles. The van der Waals surface area contributed by atoms with E-state index in [9.17, 15) is 8.60 Å². The van der Waals surface area contributed by atoms with Crippen LogP contribution in [0, 0.1) is 5.82 Å². The van der Waals surface area contributed by atoms with Crippen molar-refractivity contribution in [3.8, 4) is 11.1 Å². The molecule has 2 heterocycles. The lowest BCUT2D eigenvalue weighted by Gasteiger charge is -2.06. The molecule has 0 aliphatic carbocycles. The quantitative estimate of drug-likeness (QED) is 0.725. The minimum absolute atomic E-state index is 0.269. The Bertz CT molecular complexity index is 899. The topological polar surface area (TPSA) is 34.9 Å². The number of fused-ring (bicyclic) bond motifs is 3. The van der Waals surface area contributed by atoms with E-state index < -0.39 is 10.8 Å². The number of imidazole rings is 1. The number of nitrogens with zero attached hydrogens (tertiary/aromatic N) is 2. The van der Waals surface area contributed by atoms with Gasteiger partial charge in [0.2, 0.25) is 0 Å². The summed E-state index contributed by atoms with van der Waals surface area (Å²) in [5.41, 5.74) is 3.08. The summed E-state index contributed by atoms with van der Waals surface area (Å²) in [4.78, 5) is 5.25. The van der Waals surface area contributed by atoms with Gasteiger partial charge in [-0.15, -0.1) is 0 Å². The Morgan fingerprint density at radius 3 is 2.73 bits per heavy atom. The molecular weight excluding hydrogens is 299 g/mol. The van der Waals surface area contributed by atoms with Crippen molar-refractivity contribution in [3.63, 3.8) is 0 Å². The highest BCUT2D eigenvalue weighted by Gasteiger charge is 2.18. The van der Waals surface area contributed by atoms with Gasteiger partial charge in [0, 0.05) is 46.5 Å². The molecule has 1 aromatic heterocycles. The minimum atomic E-state index is -1.02. The van der Waals surface area contributed by atoms with Gasteiger partial charge in [0.1, 0.15) is 11.6 Å². The zero-order chi connectivity index (χ0) is 15.3. The lowest BCUT2D eigenvalue weighted by molar-refractivity contribution is 0.632. The first-order valence-corrected chi connectivity index (χ1v) is 8.82. The first-order chi connectivity index (χ1) is 10.6. The number of halogens is 1. The van der Waals surface area contributed by atoms with E-state index in [0.717, 1.165) is 46.7 Å². The minimum Gasteiger partial charge on any atom is -0.328 e. The van der Waals surface area contributed by atoms with Gasteiger partial charge in [0.15, 0.2) is 0 Å². The van der Waals surface area contributed by atoms with E-state index in [-0.39, 0.29) is 5.82 Å². The maximum atomic E-state index is 14.4. The van der Waals surface area contributed by atoms with Gasteiger partial charge in [-0.05, 0) is 30.2 Å². The molecule has 112 valence electrons. The highest BCUT2D eigenvalue weighted by molar-refractivity contribution is 7.84. The van der Waals surface area contributed by atoms with Crippen LogP contribution >= 0.6 is 0 Å². The van der Waals surface area contributed by atoms with Gasteiger partial charge in [0.25, 0.3) is 0 Å². The molecular formula is C17H15FN2OS. The van der Waals surface area contributed by atoms with Crippen LogP contribution < -0.4 is 0 Å². The normalized spacial score (nSPS) is 15.2. The molecule has 1 unspecified atom stereocenters. The van der Waals surface area contributed by atoms with Crippen LogP contribution in [0.15, 0.2) is 41.3 Å². The van der Waals surface area contributed by atoms with Crippen molar-refractivity contribution in [2.45, 2.75) is 24.3 Å². The van der Waals surface area contributed by atoms with E-state index >= 15 is 0 Å². The molecule has 3 nitrogen and oxygen atoms in total. The van der Waals surface area contributed by atoms with Gasteiger partial charge < -0.3 is 4.57 Å². The predicted octanol–water partition coefficient (Wildman–Crippen LogP) is 3.53. The third-order valence-electron chi connectivity index (χ3n) is 4.20. The van der Waals surface area contributed by atoms with Crippen molar-refractivity contribution in [2.24, 2.45) is 0 Å². The van der Waals surface area contributed by atoms with E-state index in [0.29, 0.717) is 5.56 Å². The molecule has 3 aromatic rings. The van der Waals surface area contributed by atoms with Crippen molar-refractivity contribution >= 4 is 21.8 Å². The summed E-state index contributed by atoms with van der Waals surface area (Å²) in [6, 6.07) is 10.6. The first kappa shape index (κ1) is 13.6. The first-order valence-electron chi connectivity index (χ1n) is 7.26. The summed E-state index contributed by atoms with van der Waals surface area (Å²) < 4.78 is 28.0. The molecule has 0 saturated carbocycles. The highest BCUT2D eigenvalue weighted by atomic mass is 32.2. The van der Waals surface area contributed by atoms with Crippen molar-refractivity contribution in [1.29, 1.82) is 0 Å². The Kier molecular flexibility index (Phi) is 3.11. The zero-order valence-electron chi connectivity index (χ0n) is 12.2. The predicted molar refractivity (Wildman–Crippen MR) is 85.8 cm³/mol. The van der Waals surface area contributed by atoms with Crippen molar-refractivity contribution in [1.82, 2.24) is 9.55 Å². The van der Waals surface area contributed by atoms with Crippen LogP contribution in [0.3, 0.4) is 0 Å². The largest absolute Gasteiger partial charge is 0.328 e. The van der Waals surface area contributed by atoms with Gasteiger partial charge in [-0.1, -0.05) is 12.1 Å². The average Bonchev–Trinajstić information content (AvgIpc) is 3.07. The third kappa shape index (κ3) is 2.08. The Morgan fingerprint density at radius 1 is 1.23 bits per heavy atom. The van der Waals surface area contributed by atoms with Crippen LogP contribution in [-0.4, -0.2) is 20.0 Å². The zero-order valence-corrected chi connectivity index (χ0v) is 13.0. The summed E-state index contributed by atoms with van der Waals surface area (Å²) >= 11 is 0. The highest BCUT2D eigenvalue weighted by Crippen LogP contribution is 2.30. The molecule has 1 atom stereocenters. The summed E-state index contributed by atoms with van der Waals surface area (Å²) in [5, 5.41) is 0. The van der Waals surface area contributed by atoms with E-state index in [2.05, 4.69) is 9.55 Å². The maximum absolute atomic E-state index is 14.4. The van der Waals surface area contributed by atoms with Crippen LogP contribution in [0.5, 0.6) is 0 Å². The summed E-state index contributed by atoms with van der Waals surface area (Å²) in [7, 11) is -1.02. The molecule has 0 radical (unpaired) electrons. The molecule has 1 aliphatic heterocycles. The molecule has 0 fully saturated rings. The lowest BCUT2D eigenvalue weighted by Crippen LogP contribution is -1.93. The molecule has 0 amide bonds. The Hall–Kier alpha value is -2.01. The molecule has 22 heavy (non-hydrogen) atoms. The second-order valence-corrected chi connectivity index (χ2v) is 6.96. The van der Waals surface area contributed by atoms with Crippen molar-refractivity contribution in [2.75, 3.05) is 6.26 Å². The number of aromatic nitrogens is 2. The average molecular weight is 314 g/mol. The number of aryl methyl sites for hydroxylation is 2. The Labute approximate surface area is 130 Å². The van der Waals surface area contributed by atoms with Crippen LogP contribution in [0.4, 0.5) is 4.39 Å². The molecule has 4 rings (SSSR count). The van der Waals surface area contributed by atoms with Gasteiger partial charge >= 0.3 is 0 Å². The Balaban J connectivity index is 1.87. The smallest absolute Gasteiger partial charge is 0.133 e. The fraction of sp³-hybridized carbons (Fsp3) is 0.235. The van der Waals surface area contributed by atoms with Crippen LogP contribution in [0.1, 0.15) is 12.2 Å². The van der Waals surface area contributed by atoms with Crippen molar-refractivity contribution < 1.29 is 8.60 Å². The standard InChI is InChI=1S/C17H15FN2OS/c1-22(21)12-6-4-11(5-7-12)13-9-16-15(10-14(13)18)19-17-3-2-8-20(16)17/h4-7,9-10H,2-3,8H2,1H3.